The number of nitrogens with zero attached hydrogens (tertiary/aromatic N) is 2. The third-order valence-electron chi connectivity index (χ3n) is 5.50. The Balaban J connectivity index is 1.48. The van der Waals surface area contributed by atoms with Crippen LogP contribution < -0.4 is 11.1 Å². The van der Waals surface area contributed by atoms with E-state index in [0.29, 0.717) is 36.3 Å². The van der Waals surface area contributed by atoms with Crippen LogP contribution in [0.15, 0.2) is 53.5 Å². The van der Waals surface area contributed by atoms with Gasteiger partial charge < -0.3 is 15.5 Å². The highest BCUT2D eigenvalue weighted by atomic mass is 19.1. The number of amides is 1. The Morgan fingerprint density at radius 1 is 1.24 bits per heavy atom. The molecule has 0 aliphatic heterocycles. The largest absolute Gasteiger partial charge is 0.444 e. The molecule has 150 valence electrons. The van der Waals surface area contributed by atoms with E-state index in [2.05, 4.69) is 15.3 Å². The third-order valence-corrected chi connectivity index (χ3v) is 5.50. The van der Waals surface area contributed by atoms with Crippen LogP contribution in [0.2, 0.25) is 0 Å². The molecule has 0 radical (unpaired) electrons. The molecule has 2 aromatic heterocycles. The number of pyridine rings is 1. The molecular weight excluding hydrogens is 371 g/mol. The first-order valence-corrected chi connectivity index (χ1v) is 9.70. The highest BCUT2D eigenvalue weighted by Crippen LogP contribution is 2.33. The standard InChI is InChI=1S/C22H23FN4O2/c1-13-8-15(9-16(24)10-19-18(13)6-7-26-21(19)23)22(28)27-17-4-2-14(3-5-17)20-11-25-12-29-20/h2-7,11-13,15-16H,8-10,24H2,1H3,(H,27,28)/t13-,15?,16+/m1/s1. The highest BCUT2D eigenvalue weighted by molar-refractivity contribution is 5.92. The van der Waals surface area contributed by atoms with Gasteiger partial charge in [-0.3, -0.25) is 4.79 Å². The molecular formula is C22H23FN4O2. The summed E-state index contributed by atoms with van der Waals surface area (Å²) in [5.74, 6) is -0.0711. The van der Waals surface area contributed by atoms with Gasteiger partial charge in [-0.05, 0) is 61.1 Å². The van der Waals surface area contributed by atoms with E-state index in [4.69, 9.17) is 10.2 Å². The second-order valence-corrected chi connectivity index (χ2v) is 7.64. The van der Waals surface area contributed by atoms with Gasteiger partial charge >= 0.3 is 0 Å². The van der Waals surface area contributed by atoms with Crippen molar-refractivity contribution in [3.63, 3.8) is 0 Å². The molecule has 29 heavy (non-hydrogen) atoms. The predicted molar refractivity (Wildman–Crippen MR) is 108 cm³/mol. The van der Waals surface area contributed by atoms with E-state index >= 15 is 0 Å². The lowest BCUT2D eigenvalue weighted by atomic mass is 9.80. The fraction of sp³-hybridized carbons (Fsp3) is 0.318. The lowest BCUT2D eigenvalue weighted by molar-refractivity contribution is -0.120. The number of benzene rings is 1. The van der Waals surface area contributed by atoms with Crippen molar-refractivity contribution < 1.29 is 13.6 Å². The van der Waals surface area contributed by atoms with Crippen LogP contribution in [0.25, 0.3) is 11.3 Å². The molecule has 1 aliphatic rings. The highest BCUT2D eigenvalue weighted by Gasteiger charge is 2.29. The molecule has 1 unspecified atom stereocenters. The van der Waals surface area contributed by atoms with Gasteiger partial charge in [-0.25, -0.2) is 9.97 Å². The van der Waals surface area contributed by atoms with Crippen molar-refractivity contribution in [2.24, 2.45) is 11.7 Å². The molecule has 0 spiro atoms. The average Bonchev–Trinajstić information content (AvgIpc) is 3.23. The van der Waals surface area contributed by atoms with E-state index in [0.717, 1.165) is 11.1 Å². The summed E-state index contributed by atoms with van der Waals surface area (Å²) >= 11 is 0. The van der Waals surface area contributed by atoms with Crippen molar-refractivity contribution in [3.05, 3.63) is 66.2 Å². The van der Waals surface area contributed by atoms with Crippen LogP contribution in [0.1, 0.15) is 36.8 Å². The normalized spacial score (nSPS) is 21.7. The van der Waals surface area contributed by atoms with E-state index in [-0.39, 0.29) is 23.8 Å². The molecule has 2 heterocycles. The number of hydrogen-bond donors (Lipinski definition) is 2. The number of oxazole rings is 1. The summed E-state index contributed by atoms with van der Waals surface area (Å²) < 4.78 is 19.4. The Morgan fingerprint density at radius 3 is 2.76 bits per heavy atom. The van der Waals surface area contributed by atoms with Crippen molar-refractivity contribution in [3.8, 4) is 11.3 Å². The topological polar surface area (TPSA) is 94.0 Å². The maximum absolute atomic E-state index is 14.2. The molecule has 0 fully saturated rings. The van der Waals surface area contributed by atoms with Crippen molar-refractivity contribution in [1.82, 2.24) is 9.97 Å². The van der Waals surface area contributed by atoms with E-state index in [1.54, 1.807) is 6.20 Å². The molecule has 0 bridgehead atoms. The van der Waals surface area contributed by atoms with Gasteiger partial charge in [0.05, 0.1) is 6.20 Å². The van der Waals surface area contributed by atoms with Gasteiger partial charge in [-0.1, -0.05) is 6.92 Å². The minimum Gasteiger partial charge on any atom is -0.444 e. The van der Waals surface area contributed by atoms with Crippen molar-refractivity contribution >= 4 is 11.6 Å². The van der Waals surface area contributed by atoms with E-state index in [1.165, 1.54) is 12.6 Å². The van der Waals surface area contributed by atoms with E-state index in [1.807, 2.05) is 37.3 Å². The molecule has 3 atom stereocenters. The van der Waals surface area contributed by atoms with Crippen molar-refractivity contribution in [2.45, 2.75) is 38.1 Å². The third kappa shape index (κ3) is 4.19. The van der Waals surface area contributed by atoms with Gasteiger partial charge in [-0.2, -0.15) is 4.39 Å². The van der Waals surface area contributed by atoms with Gasteiger partial charge in [0.1, 0.15) is 0 Å². The number of rotatable bonds is 3. The zero-order valence-corrected chi connectivity index (χ0v) is 16.1. The fourth-order valence-electron chi connectivity index (χ4n) is 4.04. The second-order valence-electron chi connectivity index (χ2n) is 7.64. The number of anilines is 1. The molecule has 6 nitrogen and oxygen atoms in total. The van der Waals surface area contributed by atoms with Crippen LogP contribution in [0.3, 0.4) is 0 Å². The first-order chi connectivity index (χ1) is 14.0. The monoisotopic (exact) mass is 394 g/mol. The van der Waals surface area contributed by atoms with Crippen LogP contribution >= 0.6 is 0 Å². The SMILES string of the molecule is C[C@@H]1CC(C(=O)Nc2ccc(-c3cnco3)cc2)C[C@H](N)Cc2c1ccnc2F. The minimum absolute atomic E-state index is 0.0413. The van der Waals surface area contributed by atoms with E-state index in [9.17, 15) is 9.18 Å². The number of nitrogens with two attached hydrogens (primary N) is 1. The second kappa shape index (κ2) is 8.13. The summed E-state index contributed by atoms with van der Waals surface area (Å²) in [7, 11) is 0. The molecule has 1 aromatic carbocycles. The molecule has 1 aliphatic carbocycles. The van der Waals surface area contributed by atoms with Crippen molar-refractivity contribution in [2.75, 3.05) is 5.32 Å². The zero-order valence-electron chi connectivity index (χ0n) is 16.1. The summed E-state index contributed by atoms with van der Waals surface area (Å²) in [5.41, 5.74) is 9.30. The van der Waals surface area contributed by atoms with Crippen LogP contribution in [0.5, 0.6) is 0 Å². The number of carbonyl (C=O) groups excluding carboxylic acids is 1. The van der Waals surface area contributed by atoms with Crippen LogP contribution in [0, 0.1) is 11.9 Å². The van der Waals surface area contributed by atoms with Crippen LogP contribution in [0.4, 0.5) is 10.1 Å². The summed E-state index contributed by atoms with van der Waals surface area (Å²) in [4.78, 5) is 20.6. The van der Waals surface area contributed by atoms with Gasteiger partial charge in [0.25, 0.3) is 0 Å². The maximum Gasteiger partial charge on any atom is 0.227 e. The van der Waals surface area contributed by atoms with Gasteiger partial charge in [-0.15, -0.1) is 0 Å². The number of hydrogen-bond acceptors (Lipinski definition) is 5. The molecule has 1 amide bonds. The van der Waals surface area contributed by atoms with Gasteiger partial charge in [0.15, 0.2) is 12.2 Å². The van der Waals surface area contributed by atoms with Gasteiger partial charge in [0.2, 0.25) is 11.9 Å². The number of aromatic nitrogens is 2. The van der Waals surface area contributed by atoms with Gasteiger partial charge in [0, 0.05) is 35.0 Å². The smallest absolute Gasteiger partial charge is 0.227 e. The maximum atomic E-state index is 14.2. The first kappa shape index (κ1) is 19.3. The Morgan fingerprint density at radius 2 is 2.03 bits per heavy atom. The number of carbonyl (C=O) groups is 1. The Kier molecular flexibility index (Phi) is 5.40. The Bertz CT molecular complexity index is 989. The van der Waals surface area contributed by atoms with E-state index < -0.39 is 5.95 Å². The number of nitrogens with one attached hydrogen (secondary N) is 1. The molecule has 0 saturated heterocycles. The van der Waals surface area contributed by atoms with Crippen LogP contribution in [-0.4, -0.2) is 21.9 Å². The zero-order chi connectivity index (χ0) is 20.4. The molecule has 0 saturated carbocycles. The number of halogens is 1. The molecule has 4 rings (SSSR count). The predicted octanol–water partition coefficient (Wildman–Crippen LogP) is 3.90. The summed E-state index contributed by atoms with van der Waals surface area (Å²) in [6.07, 6.45) is 5.98. The van der Waals surface area contributed by atoms with Crippen LogP contribution in [-0.2, 0) is 11.2 Å². The molecule has 7 heteroatoms. The Hall–Kier alpha value is -3.06. The summed E-state index contributed by atoms with van der Waals surface area (Å²) in [5, 5.41) is 2.98. The average molecular weight is 394 g/mol. The summed E-state index contributed by atoms with van der Waals surface area (Å²) in [6.45, 7) is 2.02. The lowest BCUT2D eigenvalue weighted by Crippen LogP contribution is -2.35. The molecule has 3 aromatic rings. The molecule has 3 N–H and O–H groups in total. The summed E-state index contributed by atoms with van der Waals surface area (Å²) in [6, 6.07) is 8.93. The quantitative estimate of drug-likeness (QED) is 0.657. The number of fused-ring (bicyclic) bond motifs is 1. The lowest BCUT2D eigenvalue weighted by Gasteiger charge is -2.28. The first-order valence-electron chi connectivity index (χ1n) is 9.70. The van der Waals surface area contributed by atoms with Crippen molar-refractivity contribution in [1.29, 1.82) is 0 Å². The minimum atomic E-state index is -0.459. The fourth-order valence-corrected chi connectivity index (χ4v) is 4.04. The Labute approximate surface area is 168 Å².